The van der Waals surface area contributed by atoms with Gasteiger partial charge in [0.25, 0.3) is 0 Å². The number of hydrogen-bond acceptors (Lipinski definition) is 3. The number of amides is 1. The maximum absolute atomic E-state index is 11.4. The Morgan fingerprint density at radius 2 is 2.43 bits per heavy atom. The summed E-state index contributed by atoms with van der Waals surface area (Å²) in [4.78, 5) is 21.8. The van der Waals surface area contributed by atoms with E-state index in [1.54, 1.807) is 0 Å². The molecule has 1 heterocycles. The van der Waals surface area contributed by atoms with E-state index >= 15 is 0 Å². The lowest BCUT2D eigenvalue weighted by atomic mass is 9.84. The normalized spacial score (nSPS) is 34.9. The zero-order chi connectivity index (χ0) is 10.1. The van der Waals surface area contributed by atoms with E-state index in [1.807, 2.05) is 12.2 Å². The summed E-state index contributed by atoms with van der Waals surface area (Å²) in [6.45, 7) is 0.583. The van der Waals surface area contributed by atoms with Crippen LogP contribution in [0.1, 0.15) is 6.42 Å². The van der Waals surface area contributed by atoms with Crippen molar-refractivity contribution in [2.45, 2.75) is 12.5 Å². The van der Waals surface area contributed by atoms with Crippen molar-refractivity contribution in [3.8, 4) is 0 Å². The molecule has 14 heavy (non-hydrogen) atoms. The van der Waals surface area contributed by atoms with Gasteiger partial charge in [-0.15, -0.1) is 0 Å². The van der Waals surface area contributed by atoms with Crippen molar-refractivity contribution in [3.05, 3.63) is 12.2 Å². The van der Waals surface area contributed by atoms with Gasteiger partial charge in [0.05, 0.1) is 5.92 Å². The molecule has 0 aromatic heterocycles. The predicted molar refractivity (Wildman–Crippen MR) is 46.6 cm³/mol. The van der Waals surface area contributed by atoms with Crippen LogP contribution in [-0.4, -0.2) is 29.8 Å². The predicted octanol–water partition coefficient (Wildman–Crippen LogP) is 0.372. The van der Waals surface area contributed by atoms with E-state index in [4.69, 9.17) is 5.11 Å². The van der Waals surface area contributed by atoms with Crippen LogP contribution in [0, 0.1) is 11.8 Å². The van der Waals surface area contributed by atoms with E-state index in [-0.39, 0.29) is 17.7 Å². The number of nitrogens with one attached hydrogen (secondary N) is 1. The summed E-state index contributed by atoms with van der Waals surface area (Å²) in [5, 5.41) is 11.2. The molecule has 0 saturated carbocycles. The van der Waals surface area contributed by atoms with Crippen LogP contribution < -0.4 is 5.32 Å². The SMILES string of the molecule is O=C(O)OC1CC=CC2CNC(=O)C21. The minimum Gasteiger partial charge on any atom is -0.450 e. The van der Waals surface area contributed by atoms with Crippen molar-refractivity contribution in [1.29, 1.82) is 0 Å². The Labute approximate surface area is 80.7 Å². The molecule has 1 saturated heterocycles. The molecule has 1 aliphatic heterocycles. The Bertz CT molecular complexity index is 299. The molecule has 2 N–H and O–H groups in total. The first-order valence-electron chi connectivity index (χ1n) is 4.52. The average molecular weight is 197 g/mol. The molecule has 76 valence electrons. The number of carboxylic acid groups (broad SMARTS) is 1. The summed E-state index contributed by atoms with van der Waals surface area (Å²) in [5.41, 5.74) is 0. The maximum Gasteiger partial charge on any atom is 0.506 e. The zero-order valence-electron chi connectivity index (χ0n) is 7.47. The van der Waals surface area contributed by atoms with Crippen molar-refractivity contribution >= 4 is 12.1 Å². The fourth-order valence-electron chi connectivity index (χ4n) is 2.07. The summed E-state index contributed by atoms with van der Waals surface area (Å²) in [5.74, 6) is -0.359. The number of fused-ring (bicyclic) bond motifs is 1. The van der Waals surface area contributed by atoms with Gasteiger partial charge in [-0.2, -0.15) is 0 Å². The van der Waals surface area contributed by atoms with E-state index in [0.29, 0.717) is 13.0 Å². The van der Waals surface area contributed by atoms with Crippen LogP contribution in [0.25, 0.3) is 0 Å². The standard InChI is InChI=1S/C9H11NO4/c11-8-7-5(4-10-8)2-1-3-6(7)14-9(12)13/h1-2,5-7H,3-4H2,(H,10,11)(H,12,13). The summed E-state index contributed by atoms with van der Waals surface area (Å²) >= 11 is 0. The van der Waals surface area contributed by atoms with Crippen LogP contribution in [0.3, 0.4) is 0 Å². The summed E-state index contributed by atoms with van der Waals surface area (Å²) in [6, 6.07) is 0. The highest BCUT2D eigenvalue weighted by Gasteiger charge is 2.42. The number of carbonyl (C=O) groups excluding carboxylic acids is 1. The lowest BCUT2D eigenvalue weighted by molar-refractivity contribution is -0.126. The molecule has 5 nitrogen and oxygen atoms in total. The number of carbonyl (C=O) groups is 2. The monoisotopic (exact) mass is 197 g/mol. The molecular formula is C9H11NO4. The largest absolute Gasteiger partial charge is 0.506 e. The second-order valence-electron chi connectivity index (χ2n) is 3.52. The quantitative estimate of drug-likeness (QED) is 0.470. The van der Waals surface area contributed by atoms with E-state index in [2.05, 4.69) is 10.1 Å². The van der Waals surface area contributed by atoms with E-state index in [9.17, 15) is 9.59 Å². The van der Waals surface area contributed by atoms with Crippen molar-refractivity contribution in [3.63, 3.8) is 0 Å². The third kappa shape index (κ3) is 1.45. The smallest absolute Gasteiger partial charge is 0.450 e. The van der Waals surface area contributed by atoms with Crippen LogP contribution in [0.4, 0.5) is 4.79 Å². The molecule has 0 aromatic carbocycles. The van der Waals surface area contributed by atoms with Gasteiger partial charge in [-0.25, -0.2) is 4.79 Å². The lowest BCUT2D eigenvalue weighted by Crippen LogP contribution is -2.36. The first-order valence-corrected chi connectivity index (χ1v) is 4.52. The lowest BCUT2D eigenvalue weighted by Gasteiger charge is -2.25. The van der Waals surface area contributed by atoms with Crippen molar-refractivity contribution < 1.29 is 19.4 Å². The van der Waals surface area contributed by atoms with Gasteiger partial charge in [0.2, 0.25) is 5.91 Å². The number of ether oxygens (including phenoxy) is 1. The second kappa shape index (κ2) is 3.32. The van der Waals surface area contributed by atoms with Crippen LogP contribution in [0.5, 0.6) is 0 Å². The van der Waals surface area contributed by atoms with Gasteiger partial charge in [-0.05, 0) is 0 Å². The van der Waals surface area contributed by atoms with Gasteiger partial charge in [-0.1, -0.05) is 12.2 Å². The Hall–Kier alpha value is -1.52. The summed E-state index contributed by atoms with van der Waals surface area (Å²) < 4.78 is 4.68. The Morgan fingerprint density at radius 1 is 1.64 bits per heavy atom. The molecule has 0 aromatic rings. The van der Waals surface area contributed by atoms with Crippen LogP contribution in [-0.2, 0) is 9.53 Å². The molecule has 1 amide bonds. The minimum atomic E-state index is -1.32. The Balaban J connectivity index is 2.14. The van der Waals surface area contributed by atoms with E-state index in [1.165, 1.54) is 0 Å². The molecule has 0 bridgehead atoms. The number of hydrogen-bond donors (Lipinski definition) is 2. The first kappa shape index (κ1) is 9.05. The van der Waals surface area contributed by atoms with Gasteiger partial charge in [0, 0.05) is 18.9 Å². The van der Waals surface area contributed by atoms with Gasteiger partial charge in [-0.3, -0.25) is 4.79 Å². The maximum atomic E-state index is 11.4. The highest BCUT2D eigenvalue weighted by molar-refractivity contribution is 5.82. The molecule has 5 heteroatoms. The van der Waals surface area contributed by atoms with Crippen LogP contribution in [0.15, 0.2) is 12.2 Å². The summed E-state index contributed by atoms with van der Waals surface area (Å²) in [7, 11) is 0. The van der Waals surface area contributed by atoms with Crippen LogP contribution in [0.2, 0.25) is 0 Å². The fourth-order valence-corrected chi connectivity index (χ4v) is 2.07. The molecule has 1 fully saturated rings. The molecule has 0 radical (unpaired) electrons. The van der Waals surface area contributed by atoms with Gasteiger partial charge >= 0.3 is 6.16 Å². The summed E-state index contributed by atoms with van der Waals surface area (Å²) in [6.07, 6.45) is 2.47. The fraction of sp³-hybridized carbons (Fsp3) is 0.556. The first-order chi connectivity index (χ1) is 6.68. The second-order valence-corrected chi connectivity index (χ2v) is 3.52. The van der Waals surface area contributed by atoms with Crippen molar-refractivity contribution in [2.24, 2.45) is 11.8 Å². The van der Waals surface area contributed by atoms with Gasteiger partial charge < -0.3 is 15.2 Å². The molecule has 3 atom stereocenters. The zero-order valence-corrected chi connectivity index (χ0v) is 7.47. The topological polar surface area (TPSA) is 75.6 Å². The minimum absolute atomic E-state index is 0.0839. The van der Waals surface area contributed by atoms with Gasteiger partial charge in [0.1, 0.15) is 6.10 Å². The third-order valence-corrected chi connectivity index (χ3v) is 2.68. The van der Waals surface area contributed by atoms with Crippen molar-refractivity contribution in [1.82, 2.24) is 5.32 Å². The van der Waals surface area contributed by atoms with Gasteiger partial charge in [0.15, 0.2) is 0 Å². The highest BCUT2D eigenvalue weighted by Crippen LogP contribution is 2.30. The van der Waals surface area contributed by atoms with E-state index < -0.39 is 12.3 Å². The van der Waals surface area contributed by atoms with Crippen LogP contribution >= 0.6 is 0 Å². The third-order valence-electron chi connectivity index (χ3n) is 2.68. The van der Waals surface area contributed by atoms with Crippen molar-refractivity contribution in [2.75, 3.05) is 6.54 Å². The molecule has 1 aliphatic carbocycles. The Morgan fingerprint density at radius 3 is 3.14 bits per heavy atom. The average Bonchev–Trinajstić information content (AvgIpc) is 2.48. The Kier molecular flexibility index (Phi) is 2.15. The molecule has 2 aliphatic rings. The molecular weight excluding hydrogens is 186 g/mol. The highest BCUT2D eigenvalue weighted by atomic mass is 16.7. The number of rotatable bonds is 1. The molecule has 0 spiro atoms. The molecule has 2 rings (SSSR count). The molecule has 3 unspecified atom stereocenters. The van der Waals surface area contributed by atoms with E-state index in [0.717, 1.165) is 0 Å².